The van der Waals surface area contributed by atoms with Crippen LogP contribution >= 0.6 is 31.9 Å². The number of benzene rings is 3. The summed E-state index contributed by atoms with van der Waals surface area (Å²) in [5, 5.41) is 10.4. The highest BCUT2D eigenvalue weighted by molar-refractivity contribution is 9.10. The van der Waals surface area contributed by atoms with Gasteiger partial charge in [-0.2, -0.15) is 0 Å². The van der Waals surface area contributed by atoms with E-state index >= 15 is 0 Å². The van der Waals surface area contributed by atoms with Gasteiger partial charge in [0.05, 0.1) is 5.56 Å². The minimum Gasteiger partial charge on any atom is -0.478 e. The number of halogens is 2. The molecule has 0 bridgehead atoms. The van der Waals surface area contributed by atoms with E-state index in [0.29, 0.717) is 16.7 Å². The lowest BCUT2D eigenvalue weighted by atomic mass is 9.95. The molecule has 27 heavy (non-hydrogen) atoms. The molecule has 0 atom stereocenters. The Morgan fingerprint density at radius 1 is 0.889 bits per heavy atom. The minimum absolute atomic E-state index is 0.245. The fraction of sp³-hybridized carbons (Fsp3) is 0.0455. The molecule has 0 aliphatic rings. The Balaban J connectivity index is 2.12. The first-order chi connectivity index (χ1) is 12.9. The predicted octanol–water partition coefficient (Wildman–Crippen LogP) is 7.30. The quantitative estimate of drug-likeness (QED) is 0.331. The van der Waals surface area contributed by atoms with Crippen molar-refractivity contribution in [1.82, 2.24) is 0 Å². The van der Waals surface area contributed by atoms with Crippen LogP contribution in [-0.4, -0.2) is 11.1 Å². The third-order valence-electron chi connectivity index (χ3n) is 4.41. The maximum Gasteiger partial charge on any atom is 0.336 e. The van der Waals surface area contributed by atoms with Gasteiger partial charge in [0.1, 0.15) is 11.3 Å². The second kappa shape index (κ2) is 6.98. The van der Waals surface area contributed by atoms with Crippen LogP contribution in [0.2, 0.25) is 0 Å². The van der Waals surface area contributed by atoms with E-state index in [1.807, 2.05) is 61.5 Å². The molecule has 1 heterocycles. The highest BCUT2D eigenvalue weighted by Gasteiger charge is 2.23. The zero-order valence-electron chi connectivity index (χ0n) is 14.3. The van der Waals surface area contributed by atoms with Gasteiger partial charge in [0.25, 0.3) is 0 Å². The van der Waals surface area contributed by atoms with E-state index in [4.69, 9.17) is 4.42 Å². The maximum absolute atomic E-state index is 11.9. The van der Waals surface area contributed by atoms with Gasteiger partial charge in [-0.1, -0.05) is 56.1 Å². The largest absolute Gasteiger partial charge is 0.478 e. The highest BCUT2D eigenvalue weighted by Crippen LogP contribution is 2.43. The lowest BCUT2D eigenvalue weighted by Gasteiger charge is -2.06. The van der Waals surface area contributed by atoms with Crippen molar-refractivity contribution >= 4 is 48.8 Å². The van der Waals surface area contributed by atoms with E-state index in [1.54, 1.807) is 6.07 Å². The molecule has 1 N–H and O–H groups in total. The number of rotatable bonds is 3. The summed E-state index contributed by atoms with van der Waals surface area (Å²) in [6.07, 6.45) is 0. The van der Waals surface area contributed by atoms with E-state index in [9.17, 15) is 9.90 Å². The zero-order valence-corrected chi connectivity index (χ0v) is 17.5. The average Bonchev–Trinajstić information content (AvgIpc) is 3.01. The second-order valence-corrected chi connectivity index (χ2v) is 8.14. The number of fused-ring (bicyclic) bond motifs is 1. The molecule has 0 saturated carbocycles. The molecule has 0 fully saturated rings. The number of carbonyl (C=O) groups is 1. The summed E-state index contributed by atoms with van der Waals surface area (Å²) < 4.78 is 8.12. The molecule has 0 aliphatic heterocycles. The van der Waals surface area contributed by atoms with Gasteiger partial charge in [-0.05, 0) is 54.4 Å². The molecule has 1 aromatic heterocycles. The summed E-state index contributed by atoms with van der Waals surface area (Å²) in [5.41, 5.74) is 4.25. The average molecular weight is 486 g/mol. The molecule has 3 aromatic carbocycles. The summed E-state index contributed by atoms with van der Waals surface area (Å²) >= 11 is 6.91. The van der Waals surface area contributed by atoms with Crippen molar-refractivity contribution in [3.8, 4) is 22.5 Å². The van der Waals surface area contributed by atoms with Crippen molar-refractivity contribution in [3.05, 3.63) is 80.7 Å². The number of aryl methyl sites for hydroxylation is 1. The summed E-state index contributed by atoms with van der Waals surface area (Å²) in [6, 6.07) is 19.2. The molecular weight excluding hydrogens is 472 g/mol. The molecule has 134 valence electrons. The summed E-state index contributed by atoms with van der Waals surface area (Å²) in [6.45, 7) is 1.87. The number of carboxylic acids is 1. The van der Waals surface area contributed by atoms with E-state index in [0.717, 1.165) is 31.2 Å². The second-order valence-electron chi connectivity index (χ2n) is 6.31. The van der Waals surface area contributed by atoms with Gasteiger partial charge >= 0.3 is 5.97 Å². The summed E-state index contributed by atoms with van der Waals surface area (Å²) in [7, 11) is 0. The fourth-order valence-corrected chi connectivity index (χ4v) is 3.76. The SMILES string of the molecule is Cc1cc(C(=O)O)c2c(-c3ccc(Br)cc3)c(-c3ccc(Br)cc3)oc2c1. The van der Waals surface area contributed by atoms with E-state index in [1.165, 1.54) is 0 Å². The molecular formula is C22H14Br2O3. The van der Waals surface area contributed by atoms with Crippen LogP contribution in [-0.2, 0) is 0 Å². The van der Waals surface area contributed by atoms with Gasteiger partial charge in [-0.25, -0.2) is 4.79 Å². The third kappa shape index (κ3) is 3.33. The number of carboxylic acid groups (broad SMARTS) is 1. The summed E-state index contributed by atoms with van der Waals surface area (Å²) in [5.74, 6) is -0.307. The van der Waals surface area contributed by atoms with Gasteiger partial charge in [0.15, 0.2) is 0 Å². The third-order valence-corrected chi connectivity index (χ3v) is 5.46. The molecule has 0 amide bonds. The van der Waals surface area contributed by atoms with Gasteiger partial charge in [-0.3, -0.25) is 0 Å². The molecule has 0 unspecified atom stereocenters. The Morgan fingerprint density at radius 2 is 1.44 bits per heavy atom. The first-order valence-corrected chi connectivity index (χ1v) is 9.85. The van der Waals surface area contributed by atoms with Gasteiger partial charge < -0.3 is 9.52 Å². The topological polar surface area (TPSA) is 50.4 Å². The lowest BCUT2D eigenvalue weighted by Crippen LogP contribution is -1.98. The first-order valence-electron chi connectivity index (χ1n) is 8.26. The van der Waals surface area contributed by atoms with Crippen LogP contribution in [0.3, 0.4) is 0 Å². The molecule has 0 saturated heterocycles. The minimum atomic E-state index is -0.967. The molecule has 5 heteroatoms. The van der Waals surface area contributed by atoms with Crippen molar-refractivity contribution in [1.29, 1.82) is 0 Å². The Labute approximate surface area is 172 Å². The van der Waals surface area contributed by atoms with Gasteiger partial charge in [0.2, 0.25) is 0 Å². The highest BCUT2D eigenvalue weighted by atomic mass is 79.9. The van der Waals surface area contributed by atoms with Crippen LogP contribution in [0.15, 0.2) is 74.0 Å². The van der Waals surface area contributed by atoms with Crippen molar-refractivity contribution in [2.75, 3.05) is 0 Å². The van der Waals surface area contributed by atoms with E-state index < -0.39 is 5.97 Å². The van der Waals surface area contributed by atoms with E-state index in [-0.39, 0.29) is 5.56 Å². The Bertz CT molecular complexity index is 1160. The molecule has 0 radical (unpaired) electrons. The van der Waals surface area contributed by atoms with Crippen molar-refractivity contribution < 1.29 is 14.3 Å². The van der Waals surface area contributed by atoms with Crippen LogP contribution in [0.25, 0.3) is 33.4 Å². The molecule has 3 nitrogen and oxygen atoms in total. The number of hydrogen-bond acceptors (Lipinski definition) is 2. The Morgan fingerprint density at radius 3 is 2.00 bits per heavy atom. The smallest absolute Gasteiger partial charge is 0.336 e. The predicted molar refractivity (Wildman–Crippen MR) is 114 cm³/mol. The molecule has 0 aliphatic carbocycles. The van der Waals surface area contributed by atoms with Crippen LogP contribution in [0.1, 0.15) is 15.9 Å². The first kappa shape index (κ1) is 18.0. The number of hydrogen-bond donors (Lipinski definition) is 1. The summed E-state index contributed by atoms with van der Waals surface area (Å²) in [4.78, 5) is 11.9. The van der Waals surface area contributed by atoms with Crippen LogP contribution in [0.4, 0.5) is 0 Å². The van der Waals surface area contributed by atoms with Gasteiger partial charge in [0, 0.05) is 25.5 Å². The monoisotopic (exact) mass is 484 g/mol. The van der Waals surface area contributed by atoms with E-state index in [2.05, 4.69) is 31.9 Å². The Hall–Kier alpha value is -2.37. The normalized spacial score (nSPS) is 11.1. The standard InChI is InChI=1S/C22H14Br2O3/c1-12-10-17(22(25)26)20-18(11-12)27-21(14-4-8-16(24)9-5-14)19(20)13-2-6-15(23)7-3-13/h2-11H,1H3,(H,25,26). The van der Waals surface area contributed by atoms with Crippen molar-refractivity contribution in [2.45, 2.75) is 6.92 Å². The van der Waals surface area contributed by atoms with Crippen molar-refractivity contribution in [3.63, 3.8) is 0 Å². The lowest BCUT2D eigenvalue weighted by molar-refractivity contribution is 0.0699. The Kier molecular flexibility index (Phi) is 4.66. The molecule has 0 spiro atoms. The van der Waals surface area contributed by atoms with Crippen LogP contribution in [0, 0.1) is 6.92 Å². The van der Waals surface area contributed by atoms with Crippen molar-refractivity contribution in [2.24, 2.45) is 0 Å². The number of furan rings is 1. The molecule has 4 aromatic rings. The van der Waals surface area contributed by atoms with Crippen LogP contribution < -0.4 is 0 Å². The number of aromatic carboxylic acids is 1. The maximum atomic E-state index is 11.9. The van der Waals surface area contributed by atoms with Crippen LogP contribution in [0.5, 0.6) is 0 Å². The van der Waals surface area contributed by atoms with Gasteiger partial charge in [-0.15, -0.1) is 0 Å². The zero-order chi connectivity index (χ0) is 19.1. The fourth-order valence-electron chi connectivity index (χ4n) is 3.23. The molecule has 4 rings (SSSR count).